The number of hydrogen-bond donors (Lipinski definition) is 3. The summed E-state index contributed by atoms with van der Waals surface area (Å²) < 4.78 is 5.82. The molecule has 0 unspecified atom stereocenters. The number of aliphatic hydroxyl groups excluding tert-OH is 1. The largest absolute Gasteiger partial charge is 0.481 e. The molecular weight excluding hydrogens is 434 g/mol. The van der Waals surface area contributed by atoms with Crippen molar-refractivity contribution in [3.05, 3.63) is 0 Å². The van der Waals surface area contributed by atoms with Crippen molar-refractivity contribution in [1.82, 2.24) is 5.32 Å². The van der Waals surface area contributed by atoms with Crippen molar-refractivity contribution in [2.24, 2.45) is 46.3 Å². The molecule has 34 heavy (non-hydrogen) atoms. The van der Waals surface area contributed by atoms with E-state index in [-0.39, 0.29) is 46.7 Å². The number of ketones is 1. The van der Waals surface area contributed by atoms with E-state index < -0.39 is 24.3 Å². The summed E-state index contributed by atoms with van der Waals surface area (Å²) in [6.45, 7) is 9.04. The van der Waals surface area contributed by atoms with Crippen LogP contribution in [0.25, 0.3) is 0 Å². The van der Waals surface area contributed by atoms with E-state index in [4.69, 9.17) is 4.74 Å². The lowest BCUT2D eigenvalue weighted by molar-refractivity contribution is -0.184. The molecule has 10 atom stereocenters. The minimum absolute atomic E-state index is 0.00233. The Morgan fingerprint density at radius 2 is 1.76 bits per heavy atom. The number of fused-ring (bicyclic) bond motifs is 5. The second-order valence-electron chi connectivity index (χ2n) is 12.2. The number of carbonyl (C=O) groups excluding carboxylic acids is 2. The number of rotatable bonds is 6. The summed E-state index contributed by atoms with van der Waals surface area (Å²) in [5, 5.41) is 22.3. The molecule has 0 spiro atoms. The zero-order valence-electron chi connectivity index (χ0n) is 21.2. The lowest BCUT2D eigenvalue weighted by Gasteiger charge is -2.61. The van der Waals surface area contributed by atoms with Crippen LogP contribution >= 0.6 is 0 Å². The SMILES string of the molecule is CCNC(=O)O[C@H]1C(=O)[C@@H]2[C@H](CC[C@]3(C)[C@@H]([C@H](C)CCC(=O)O)CC[C@@H]23)[C@@]2(C)CC[C@@H](O)C[C@@H]12. The van der Waals surface area contributed by atoms with E-state index >= 15 is 0 Å². The topological polar surface area (TPSA) is 113 Å². The molecule has 192 valence electrons. The van der Waals surface area contributed by atoms with Gasteiger partial charge in [0.25, 0.3) is 0 Å². The third kappa shape index (κ3) is 4.16. The highest BCUT2D eigenvalue weighted by molar-refractivity contribution is 5.89. The number of Topliss-reactive ketones (excluding diaryl/α,β-unsaturated/α-hetero) is 1. The van der Waals surface area contributed by atoms with Gasteiger partial charge in [-0.2, -0.15) is 0 Å². The van der Waals surface area contributed by atoms with E-state index in [0.29, 0.717) is 31.2 Å². The van der Waals surface area contributed by atoms with E-state index in [1.807, 2.05) is 6.92 Å². The Kier molecular flexibility index (Phi) is 7.07. The molecule has 0 aromatic heterocycles. The van der Waals surface area contributed by atoms with Gasteiger partial charge in [0, 0.05) is 24.8 Å². The number of alkyl carbamates (subject to hydrolysis) is 1. The molecule has 0 aromatic carbocycles. The summed E-state index contributed by atoms with van der Waals surface area (Å²) in [6, 6.07) is 0. The summed E-state index contributed by atoms with van der Waals surface area (Å²) in [5.41, 5.74) is -0.133. The zero-order chi connectivity index (χ0) is 24.8. The third-order valence-corrected chi connectivity index (χ3v) is 10.6. The number of aliphatic hydroxyl groups is 1. The van der Waals surface area contributed by atoms with Crippen molar-refractivity contribution in [3.63, 3.8) is 0 Å². The highest BCUT2D eigenvalue weighted by atomic mass is 16.6. The molecule has 0 aromatic rings. The first-order valence-electron chi connectivity index (χ1n) is 13.4. The second-order valence-corrected chi connectivity index (χ2v) is 12.2. The van der Waals surface area contributed by atoms with Crippen LogP contribution in [-0.4, -0.2) is 46.8 Å². The number of ether oxygens (including phenoxy) is 1. The van der Waals surface area contributed by atoms with E-state index in [9.17, 15) is 24.6 Å². The smallest absolute Gasteiger partial charge is 0.407 e. The summed E-state index contributed by atoms with van der Waals surface area (Å²) in [7, 11) is 0. The van der Waals surface area contributed by atoms with Crippen LogP contribution < -0.4 is 5.32 Å². The number of aliphatic carboxylic acids is 1. The van der Waals surface area contributed by atoms with Crippen LogP contribution in [0.1, 0.15) is 85.5 Å². The molecule has 4 aliphatic rings. The van der Waals surface area contributed by atoms with Crippen LogP contribution in [-0.2, 0) is 14.3 Å². The first-order chi connectivity index (χ1) is 16.0. The highest BCUT2D eigenvalue weighted by Gasteiger charge is 2.66. The first kappa shape index (κ1) is 25.5. The molecule has 1 amide bonds. The van der Waals surface area contributed by atoms with E-state index in [1.54, 1.807) is 0 Å². The van der Waals surface area contributed by atoms with Crippen molar-refractivity contribution in [1.29, 1.82) is 0 Å². The van der Waals surface area contributed by atoms with Gasteiger partial charge in [-0.05, 0) is 92.8 Å². The molecule has 4 aliphatic carbocycles. The highest BCUT2D eigenvalue weighted by Crippen LogP contribution is 2.67. The molecule has 0 radical (unpaired) electrons. The summed E-state index contributed by atoms with van der Waals surface area (Å²) in [6.07, 6.45) is 5.17. The van der Waals surface area contributed by atoms with Crippen LogP contribution in [0, 0.1) is 46.3 Å². The normalized spacial score (nSPS) is 44.4. The van der Waals surface area contributed by atoms with Crippen LogP contribution in [0.2, 0.25) is 0 Å². The lowest BCUT2D eigenvalue weighted by atomic mass is 9.43. The summed E-state index contributed by atoms with van der Waals surface area (Å²) in [5.74, 6) is 0.224. The third-order valence-electron chi connectivity index (χ3n) is 10.6. The monoisotopic (exact) mass is 477 g/mol. The average molecular weight is 478 g/mol. The zero-order valence-corrected chi connectivity index (χ0v) is 21.2. The lowest BCUT2D eigenvalue weighted by Crippen LogP contribution is -2.63. The van der Waals surface area contributed by atoms with Crippen molar-refractivity contribution < 1.29 is 29.3 Å². The van der Waals surface area contributed by atoms with Gasteiger partial charge in [-0.25, -0.2) is 4.79 Å². The Morgan fingerprint density at radius 1 is 1.09 bits per heavy atom. The predicted octanol–water partition coefficient (Wildman–Crippen LogP) is 4.41. The minimum atomic E-state index is -0.807. The molecule has 0 heterocycles. The molecule has 4 fully saturated rings. The van der Waals surface area contributed by atoms with Gasteiger partial charge in [-0.3, -0.25) is 9.59 Å². The molecule has 7 nitrogen and oxygen atoms in total. The number of amides is 1. The van der Waals surface area contributed by atoms with Crippen LogP contribution in [0.5, 0.6) is 0 Å². The van der Waals surface area contributed by atoms with Gasteiger partial charge in [-0.15, -0.1) is 0 Å². The quantitative estimate of drug-likeness (QED) is 0.522. The first-order valence-corrected chi connectivity index (χ1v) is 13.4. The summed E-state index contributed by atoms with van der Waals surface area (Å²) >= 11 is 0. The molecule has 4 saturated carbocycles. The summed E-state index contributed by atoms with van der Waals surface area (Å²) in [4.78, 5) is 37.7. The number of carbonyl (C=O) groups is 3. The standard InChI is InChI=1S/C27H43NO6/c1-5-28-25(33)34-24-20-14-16(29)10-12-27(20,4)19-11-13-26(3)17(15(2)6-9-21(30)31)7-8-18(26)22(19)23(24)32/h15-20,22,24,29H,5-14H2,1-4H3,(H,28,33)(H,30,31)/t15-,16-,17-,18+,19+,20+,22+,24-,26-,27-/m1/s1. The molecule has 3 N–H and O–H groups in total. The van der Waals surface area contributed by atoms with Crippen molar-refractivity contribution in [2.75, 3.05) is 6.54 Å². The van der Waals surface area contributed by atoms with Gasteiger partial charge in [0.15, 0.2) is 11.9 Å². The second kappa shape index (κ2) is 9.44. The van der Waals surface area contributed by atoms with Gasteiger partial charge in [0.2, 0.25) is 0 Å². The fraction of sp³-hybridized carbons (Fsp3) is 0.889. The predicted molar refractivity (Wildman–Crippen MR) is 127 cm³/mol. The number of nitrogens with one attached hydrogen (secondary N) is 1. The molecule has 0 aliphatic heterocycles. The maximum absolute atomic E-state index is 14.1. The van der Waals surface area contributed by atoms with E-state index in [0.717, 1.165) is 38.5 Å². The fourth-order valence-corrected chi connectivity index (χ4v) is 8.91. The molecular formula is C27H43NO6. The molecule has 0 bridgehead atoms. The number of carboxylic acids is 1. The van der Waals surface area contributed by atoms with Gasteiger partial charge < -0.3 is 20.3 Å². The van der Waals surface area contributed by atoms with E-state index in [1.165, 1.54) is 0 Å². The Hall–Kier alpha value is -1.63. The van der Waals surface area contributed by atoms with Gasteiger partial charge in [0.1, 0.15) is 0 Å². The Balaban J connectivity index is 1.64. The van der Waals surface area contributed by atoms with Crippen LogP contribution in [0.4, 0.5) is 4.79 Å². The van der Waals surface area contributed by atoms with Gasteiger partial charge in [-0.1, -0.05) is 20.8 Å². The average Bonchev–Trinajstić information content (AvgIpc) is 3.13. The molecule has 4 rings (SSSR count). The maximum atomic E-state index is 14.1. The molecule has 0 saturated heterocycles. The van der Waals surface area contributed by atoms with Crippen molar-refractivity contribution >= 4 is 17.8 Å². The Labute approximate surface area is 203 Å². The van der Waals surface area contributed by atoms with Gasteiger partial charge in [0.05, 0.1) is 6.10 Å². The number of hydrogen-bond acceptors (Lipinski definition) is 5. The van der Waals surface area contributed by atoms with Crippen LogP contribution in [0.3, 0.4) is 0 Å². The number of carboxylic acid groups (broad SMARTS) is 1. The van der Waals surface area contributed by atoms with E-state index in [2.05, 4.69) is 26.1 Å². The van der Waals surface area contributed by atoms with Crippen molar-refractivity contribution in [3.8, 4) is 0 Å². The van der Waals surface area contributed by atoms with Crippen LogP contribution in [0.15, 0.2) is 0 Å². The fourth-order valence-electron chi connectivity index (χ4n) is 8.91. The minimum Gasteiger partial charge on any atom is -0.481 e. The Bertz CT molecular complexity index is 815. The molecule has 7 heteroatoms. The van der Waals surface area contributed by atoms with Gasteiger partial charge >= 0.3 is 12.1 Å². The maximum Gasteiger partial charge on any atom is 0.407 e. The van der Waals surface area contributed by atoms with Crippen molar-refractivity contribution in [2.45, 2.75) is 97.7 Å². The Morgan fingerprint density at radius 3 is 2.44 bits per heavy atom.